The fourth-order valence-corrected chi connectivity index (χ4v) is 8.20. The van der Waals surface area contributed by atoms with Gasteiger partial charge in [-0.25, -0.2) is 4.57 Å². The summed E-state index contributed by atoms with van der Waals surface area (Å²) in [5.41, 5.74) is 0. The van der Waals surface area contributed by atoms with Crippen LogP contribution in [0.3, 0.4) is 0 Å². The monoisotopic (exact) mass is 1030 g/mol. The van der Waals surface area contributed by atoms with E-state index in [0.29, 0.717) is 19.3 Å². The first-order valence-electron chi connectivity index (χ1n) is 28.5. The SMILES string of the molecule is CC/C=C\C/C=C\C/C=C\CCCCCCCC(=O)OC(CO)COP(=O)(O)OCC(COC(=O)CCCCCCC/C=C\CCCC)OC(=O)CCCCCCCC/C=C\C/C=C\C/C=C\CCCCC. The number of hydrogen-bond acceptors (Lipinski definition) is 10. The average Bonchev–Trinajstić information content (AvgIpc) is 3.37. The maximum atomic E-state index is 12.9. The van der Waals surface area contributed by atoms with Crippen LogP contribution >= 0.6 is 7.82 Å². The molecule has 0 aromatic carbocycles. The first-order chi connectivity index (χ1) is 35.2. The van der Waals surface area contributed by atoms with Crippen molar-refractivity contribution in [1.82, 2.24) is 0 Å². The molecule has 0 saturated carbocycles. The third kappa shape index (κ3) is 51.6. The Labute approximate surface area is 439 Å². The van der Waals surface area contributed by atoms with Gasteiger partial charge < -0.3 is 24.2 Å². The van der Waals surface area contributed by atoms with Crippen molar-refractivity contribution in [3.8, 4) is 0 Å². The first-order valence-corrected chi connectivity index (χ1v) is 30.0. The van der Waals surface area contributed by atoms with E-state index in [1.165, 1.54) is 38.5 Å². The quantitative estimate of drug-likeness (QED) is 0.0197. The van der Waals surface area contributed by atoms with Gasteiger partial charge in [-0.15, -0.1) is 0 Å². The molecule has 72 heavy (non-hydrogen) atoms. The maximum absolute atomic E-state index is 12.9. The van der Waals surface area contributed by atoms with Crippen molar-refractivity contribution >= 4 is 25.7 Å². The zero-order chi connectivity index (χ0) is 52.7. The molecule has 0 fully saturated rings. The summed E-state index contributed by atoms with van der Waals surface area (Å²) in [6.07, 6.45) is 61.1. The van der Waals surface area contributed by atoms with Crippen LogP contribution in [0, 0.1) is 0 Å². The Morgan fingerprint density at radius 1 is 0.403 bits per heavy atom. The highest BCUT2D eigenvalue weighted by atomic mass is 31.2. The molecule has 414 valence electrons. The zero-order valence-electron chi connectivity index (χ0n) is 45.6. The van der Waals surface area contributed by atoms with E-state index in [9.17, 15) is 28.9 Å². The fourth-order valence-electron chi connectivity index (χ4n) is 7.42. The summed E-state index contributed by atoms with van der Waals surface area (Å²) in [7, 11) is -4.76. The van der Waals surface area contributed by atoms with Gasteiger partial charge in [-0.3, -0.25) is 23.4 Å². The summed E-state index contributed by atoms with van der Waals surface area (Å²) in [5, 5.41) is 9.80. The van der Waals surface area contributed by atoms with Crippen LogP contribution in [0.1, 0.15) is 239 Å². The number of unbranched alkanes of at least 4 members (excludes halogenated alkanes) is 21. The van der Waals surface area contributed by atoms with E-state index in [-0.39, 0.29) is 25.9 Å². The second kappa shape index (κ2) is 53.9. The number of aliphatic hydroxyl groups is 1. The van der Waals surface area contributed by atoms with Gasteiger partial charge in [0.1, 0.15) is 12.7 Å². The standard InChI is InChI=1S/C60H103O11P/c1-4-7-10-13-16-19-22-24-26-27-28-29-31-33-36-39-42-45-48-51-60(64)71-57(53-67-58(62)49-46-43-40-37-34-21-18-15-12-9-6-3)55-69-72(65,66)68-54-56(52-61)70-59(63)50-47-44-41-38-35-32-30-25-23-20-17-14-11-8-5-2/h8,11,15-20,24-26,28-30,56-57,61H,4-7,9-10,12-14,21-23,27,31-55H2,1-3H3,(H,65,66)/b11-8-,18-15-,19-16-,20-17-,26-24-,29-28-,30-25-. The minimum Gasteiger partial charge on any atom is -0.462 e. The molecule has 0 spiro atoms. The van der Waals surface area contributed by atoms with Gasteiger partial charge >= 0.3 is 25.7 Å². The molecule has 12 heteroatoms. The molecule has 0 bridgehead atoms. The van der Waals surface area contributed by atoms with Crippen LogP contribution in [0.25, 0.3) is 0 Å². The molecule has 0 amide bonds. The van der Waals surface area contributed by atoms with Crippen LogP contribution in [0.5, 0.6) is 0 Å². The Morgan fingerprint density at radius 2 is 0.736 bits per heavy atom. The highest BCUT2D eigenvalue weighted by molar-refractivity contribution is 7.47. The van der Waals surface area contributed by atoms with E-state index < -0.39 is 57.8 Å². The summed E-state index contributed by atoms with van der Waals surface area (Å²) in [5.74, 6) is -1.51. The van der Waals surface area contributed by atoms with E-state index in [0.717, 1.165) is 141 Å². The van der Waals surface area contributed by atoms with Crippen molar-refractivity contribution in [2.75, 3.05) is 26.4 Å². The van der Waals surface area contributed by atoms with Crippen LogP contribution in [-0.4, -0.2) is 66.5 Å². The van der Waals surface area contributed by atoms with E-state index in [1.807, 2.05) is 0 Å². The van der Waals surface area contributed by atoms with Gasteiger partial charge in [-0.2, -0.15) is 0 Å². The van der Waals surface area contributed by atoms with Crippen molar-refractivity contribution in [2.45, 2.75) is 251 Å². The molecule has 0 aromatic rings. The smallest absolute Gasteiger partial charge is 0.462 e. The number of esters is 3. The fraction of sp³-hybridized carbons (Fsp3) is 0.717. The summed E-state index contributed by atoms with van der Waals surface area (Å²) in [4.78, 5) is 48.5. The van der Waals surface area contributed by atoms with Gasteiger partial charge in [0.15, 0.2) is 6.10 Å². The van der Waals surface area contributed by atoms with Gasteiger partial charge in [0.05, 0.1) is 19.8 Å². The van der Waals surface area contributed by atoms with Crippen molar-refractivity contribution < 1.29 is 52.2 Å². The number of rotatable bonds is 52. The number of hydrogen-bond donors (Lipinski definition) is 2. The number of phosphoric acid groups is 1. The number of allylic oxidation sites excluding steroid dienone is 14. The topological polar surface area (TPSA) is 155 Å². The molecular weight excluding hydrogens is 928 g/mol. The molecule has 0 aliphatic carbocycles. The molecule has 11 nitrogen and oxygen atoms in total. The van der Waals surface area contributed by atoms with Gasteiger partial charge in [0.2, 0.25) is 0 Å². The lowest BCUT2D eigenvalue weighted by molar-refractivity contribution is -0.161. The Morgan fingerprint density at radius 3 is 1.17 bits per heavy atom. The van der Waals surface area contributed by atoms with Crippen LogP contribution in [-0.2, 0) is 42.2 Å². The van der Waals surface area contributed by atoms with Crippen molar-refractivity contribution in [3.05, 3.63) is 85.1 Å². The molecule has 0 heterocycles. The summed E-state index contributed by atoms with van der Waals surface area (Å²) >= 11 is 0. The highest BCUT2D eigenvalue weighted by Crippen LogP contribution is 2.43. The minimum absolute atomic E-state index is 0.147. The zero-order valence-corrected chi connectivity index (χ0v) is 46.5. The second-order valence-corrected chi connectivity index (χ2v) is 20.2. The summed E-state index contributed by atoms with van der Waals surface area (Å²) in [6, 6.07) is 0. The molecule has 0 aliphatic heterocycles. The number of ether oxygens (including phenoxy) is 3. The van der Waals surface area contributed by atoms with E-state index in [4.69, 9.17) is 23.3 Å². The summed E-state index contributed by atoms with van der Waals surface area (Å²) < 4.78 is 39.4. The van der Waals surface area contributed by atoms with Crippen LogP contribution in [0.2, 0.25) is 0 Å². The van der Waals surface area contributed by atoms with Gasteiger partial charge in [0.25, 0.3) is 0 Å². The van der Waals surface area contributed by atoms with Crippen molar-refractivity contribution in [2.24, 2.45) is 0 Å². The number of phosphoric ester groups is 1. The predicted molar refractivity (Wildman–Crippen MR) is 298 cm³/mol. The number of carbonyl (C=O) groups excluding carboxylic acids is 3. The Balaban J connectivity index is 4.74. The van der Waals surface area contributed by atoms with Gasteiger partial charge in [0, 0.05) is 19.3 Å². The van der Waals surface area contributed by atoms with Crippen LogP contribution in [0.15, 0.2) is 85.1 Å². The maximum Gasteiger partial charge on any atom is 0.472 e. The summed E-state index contributed by atoms with van der Waals surface area (Å²) in [6.45, 7) is 4.42. The lowest BCUT2D eigenvalue weighted by atomic mass is 10.1. The molecule has 3 atom stereocenters. The van der Waals surface area contributed by atoms with Crippen molar-refractivity contribution in [1.29, 1.82) is 0 Å². The Hall–Kier alpha value is -3.34. The van der Waals surface area contributed by atoms with Gasteiger partial charge in [-0.05, 0) is 109 Å². The van der Waals surface area contributed by atoms with E-state index in [1.54, 1.807) is 0 Å². The highest BCUT2D eigenvalue weighted by Gasteiger charge is 2.28. The Kier molecular flexibility index (Phi) is 51.4. The molecule has 0 radical (unpaired) electrons. The largest absolute Gasteiger partial charge is 0.472 e. The molecule has 3 unspecified atom stereocenters. The molecule has 0 aromatic heterocycles. The first kappa shape index (κ1) is 68.7. The van der Waals surface area contributed by atoms with Gasteiger partial charge in [-0.1, -0.05) is 196 Å². The molecule has 0 aliphatic rings. The van der Waals surface area contributed by atoms with Crippen LogP contribution < -0.4 is 0 Å². The van der Waals surface area contributed by atoms with Crippen molar-refractivity contribution in [3.63, 3.8) is 0 Å². The number of carbonyl (C=O) groups is 3. The average molecular weight is 1030 g/mol. The lowest BCUT2D eigenvalue weighted by Crippen LogP contribution is -2.30. The van der Waals surface area contributed by atoms with E-state index >= 15 is 0 Å². The third-order valence-corrected chi connectivity index (χ3v) is 12.7. The number of aliphatic hydroxyl groups excluding tert-OH is 1. The normalized spacial score (nSPS) is 14.0. The van der Waals surface area contributed by atoms with E-state index in [2.05, 4.69) is 106 Å². The molecule has 2 N–H and O–H groups in total. The molecular formula is C60H103O11P. The lowest BCUT2D eigenvalue weighted by Gasteiger charge is -2.21. The molecule has 0 saturated heterocycles. The van der Waals surface area contributed by atoms with Crippen LogP contribution in [0.4, 0.5) is 0 Å². The Bertz CT molecular complexity index is 1530. The predicted octanol–water partition coefficient (Wildman–Crippen LogP) is 16.7. The third-order valence-electron chi connectivity index (χ3n) is 11.8. The minimum atomic E-state index is -4.76. The second-order valence-electron chi connectivity index (χ2n) is 18.7. The molecule has 0 rings (SSSR count).